The van der Waals surface area contributed by atoms with Gasteiger partial charge in [0.05, 0.1) is 96.3 Å². The molecule has 0 saturated carbocycles. The van der Waals surface area contributed by atoms with Crippen molar-refractivity contribution in [3.05, 3.63) is 179 Å². The normalized spacial score (nSPS) is 19.9. The second kappa shape index (κ2) is 67.1. The van der Waals surface area contributed by atoms with E-state index < -0.39 is 138 Å². The van der Waals surface area contributed by atoms with E-state index in [1.54, 1.807) is 24.3 Å². The SMILES string of the molecule is CCCCCCCCCCC[C@H](CC(=O)N[C@H]1[C@@H](OP(=O)(O)O)O[C@H](CO[13C@@H]2O[C@H](COCc3ccccc3)[C@@H](OP(=O)(O)O)[C@H](OC(=O)C[C@@H](CCCCCCCCCCC)OCc3ccccc3)[C@H]2NC(=O)C[C@@H](CCCCCCCCCCC)OCc2ccccc2)[C@@H](O)[C@@H]1OC(=O)C[C@@H](CCCCCCCCCCC)OCc1ccccc1)OCc1ccccc1. The van der Waals surface area contributed by atoms with E-state index >= 15 is 19.2 Å². The number of esters is 2. The van der Waals surface area contributed by atoms with Gasteiger partial charge in [-0.15, -0.1) is 0 Å². The minimum atomic E-state index is -5.69. The van der Waals surface area contributed by atoms with E-state index in [0.717, 1.165) is 183 Å². The molecule has 2 amide bonds. The number of phosphoric acid groups is 2. The standard InChI is InChI=1S/C103H160N2O23P2/c1-5-9-13-17-21-25-29-33-52-66-86(118-75-82-58-44-38-45-59-82)70-92(106)104-96-100(125-94(108)72-88(120-77-84-62-48-40-49-63-84)68-54-35-31-27-23-19-15-11-7-3)98(110)90(123-103(96)128-130(114,115)116)80-122-102-97(105-93(107)71-87(119-76-83-60-46-39-47-61-83)67-53-34-30-26-22-18-14-10-6-2)101(99(127-129(111,112)113)91(124-102)79-117-74-81-56-42-37-43-57-81)126-95(109)73-89(121-78-85-64-50-41-51-65-85)69-55-36-32-28-24-20-16-12-8-4/h37-51,56-65,86-91,96-103,110H,5-36,52-55,66-80H2,1-4H3,(H,104,106)(H,105,107)(H2,111,112,113)(H2,114,115,116)/t86-,87-,88-,89-,90-,91-,96-,97-,98-,99-,100-,101-,102-,103-/m1/s1/i102+1. The molecule has 2 aliphatic rings. The molecule has 0 radical (unpaired) electrons. The van der Waals surface area contributed by atoms with Crippen LogP contribution in [0.1, 0.15) is 338 Å². The number of unbranched alkanes of at least 4 members (excludes halogenated alkanes) is 32. The number of ether oxygens (including phenoxy) is 10. The van der Waals surface area contributed by atoms with Crippen molar-refractivity contribution in [2.75, 3.05) is 13.2 Å². The smallest absolute Gasteiger partial charge is 0.457 e. The van der Waals surface area contributed by atoms with Crippen molar-refractivity contribution < 1.29 is 109 Å². The molecule has 2 heterocycles. The number of hydrogen-bond donors (Lipinski definition) is 7. The summed E-state index contributed by atoms with van der Waals surface area (Å²) in [5.41, 5.74) is 4.11. The zero-order valence-electron chi connectivity index (χ0n) is 78.6. The van der Waals surface area contributed by atoms with Gasteiger partial charge in [0, 0.05) is 0 Å². The van der Waals surface area contributed by atoms with Crippen LogP contribution in [-0.2, 0) is 118 Å². The van der Waals surface area contributed by atoms with E-state index in [1.165, 1.54) is 51.4 Å². The number of aliphatic hydroxyl groups excluding tert-OH is 1. The highest BCUT2D eigenvalue weighted by Gasteiger charge is 2.55. The molecule has 2 fully saturated rings. The summed E-state index contributed by atoms with van der Waals surface area (Å²) in [6, 6.07) is 43.3. The van der Waals surface area contributed by atoms with Gasteiger partial charge in [-0.25, -0.2) is 9.13 Å². The first-order valence-corrected chi connectivity index (χ1v) is 52.5. The molecular formula is C103H160N2O23P2. The summed E-state index contributed by atoms with van der Waals surface area (Å²) >= 11 is 0. The number of benzene rings is 5. The molecule has 0 aromatic heterocycles. The van der Waals surface area contributed by atoms with Gasteiger partial charge in [0.1, 0.15) is 36.5 Å². The molecule has 25 nitrogen and oxygen atoms in total. The molecule has 130 heavy (non-hydrogen) atoms. The summed E-state index contributed by atoms with van der Waals surface area (Å²) in [5.74, 6) is -3.23. The molecule has 5 aromatic carbocycles. The highest BCUT2D eigenvalue weighted by molar-refractivity contribution is 7.46. The van der Waals surface area contributed by atoms with Gasteiger partial charge < -0.3 is 82.7 Å². The van der Waals surface area contributed by atoms with Crippen molar-refractivity contribution >= 4 is 39.4 Å². The molecule has 2 aliphatic heterocycles. The van der Waals surface area contributed by atoms with Crippen LogP contribution in [0, 0.1) is 0 Å². The third-order valence-corrected chi connectivity index (χ3v) is 25.3. The Balaban J connectivity index is 1.29. The lowest BCUT2D eigenvalue weighted by Crippen LogP contribution is -2.68. The van der Waals surface area contributed by atoms with Crippen molar-refractivity contribution in [3.8, 4) is 0 Å². The van der Waals surface area contributed by atoms with Crippen LogP contribution in [0.3, 0.4) is 0 Å². The number of rotatable bonds is 75. The zero-order valence-corrected chi connectivity index (χ0v) is 80.3. The van der Waals surface area contributed by atoms with E-state index in [4.69, 9.17) is 56.4 Å². The van der Waals surface area contributed by atoms with Gasteiger partial charge in [-0.05, 0) is 53.5 Å². The summed E-state index contributed by atoms with van der Waals surface area (Å²) in [6.45, 7) is 7.87. The largest absolute Gasteiger partial charge is 0.472 e. The average Bonchev–Trinajstić information content (AvgIpc) is 0.781. The fraction of sp³-hybridized carbons (Fsp3) is 0.670. The third-order valence-electron chi connectivity index (χ3n) is 24.3. The van der Waals surface area contributed by atoms with Gasteiger partial charge in [0.25, 0.3) is 0 Å². The van der Waals surface area contributed by atoms with Crippen LogP contribution in [0.15, 0.2) is 152 Å². The third kappa shape index (κ3) is 48.9. The molecule has 2 saturated heterocycles. The van der Waals surface area contributed by atoms with Crippen molar-refractivity contribution in [2.45, 2.75) is 429 Å². The summed E-state index contributed by atoms with van der Waals surface area (Å²) in [5, 5.41) is 19.0. The van der Waals surface area contributed by atoms with Crippen LogP contribution in [0.2, 0.25) is 0 Å². The van der Waals surface area contributed by atoms with E-state index in [0.29, 0.717) is 50.5 Å². The lowest BCUT2D eigenvalue weighted by atomic mass is 9.96. The molecule has 27 heteroatoms. The van der Waals surface area contributed by atoms with Gasteiger partial charge in [0.15, 0.2) is 24.8 Å². The predicted octanol–water partition coefficient (Wildman–Crippen LogP) is 22.0. The first-order chi connectivity index (χ1) is 63.2. The van der Waals surface area contributed by atoms with Crippen LogP contribution in [0.5, 0.6) is 0 Å². The Labute approximate surface area is 776 Å². The number of carbonyl (C=O) groups is 4. The van der Waals surface area contributed by atoms with E-state index in [-0.39, 0.29) is 58.7 Å². The molecule has 730 valence electrons. The van der Waals surface area contributed by atoms with E-state index in [9.17, 15) is 33.8 Å². The second-order valence-electron chi connectivity index (χ2n) is 35.6. The number of carbonyl (C=O) groups excluding carboxylic acids is 4. The quantitative estimate of drug-likeness (QED) is 0.00823. The van der Waals surface area contributed by atoms with Crippen LogP contribution in [0.4, 0.5) is 0 Å². The van der Waals surface area contributed by atoms with Crippen LogP contribution >= 0.6 is 15.6 Å². The average molecular weight is 1860 g/mol. The highest BCUT2D eigenvalue weighted by Crippen LogP contribution is 2.45. The highest BCUT2D eigenvalue weighted by atomic mass is 31.2. The zero-order chi connectivity index (χ0) is 92.9. The Hall–Kier alpha value is -6.16. The number of nitrogens with one attached hydrogen (secondary N) is 2. The maximum absolute atomic E-state index is 15.5. The van der Waals surface area contributed by atoms with Crippen LogP contribution in [-0.4, -0.2) is 147 Å². The lowest BCUT2D eigenvalue weighted by Gasteiger charge is -2.47. The molecule has 0 spiro atoms. The summed E-state index contributed by atoms with van der Waals surface area (Å²) in [7, 11) is -11.3. The first-order valence-electron chi connectivity index (χ1n) is 49.5. The topological polar surface area (TPSA) is 338 Å². The van der Waals surface area contributed by atoms with Gasteiger partial charge in [0.2, 0.25) is 11.8 Å². The number of phosphoric ester groups is 2. The fourth-order valence-corrected chi connectivity index (χ4v) is 17.9. The maximum Gasteiger partial charge on any atom is 0.472 e. The molecule has 0 bridgehead atoms. The Morgan fingerprint density at radius 3 is 0.923 bits per heavy atom. The monoisotopic (exact) mass is 1860 g/mol. The van der Waals surface area contributed by atoms with Gasteiger partial charge in [-0.3, -0.25) is 28.2 Å². The predicted molar refractivity (Wildman–Crippen MR) is 505 cm³/mol. The second-order valence-corrected chi connectivity index (χ2v) is 38.0. The molecular weight excluding hydrogens is 1700 g/mol. The van der Waals surface area contributed by atoms with Crippen LogP contribution < -0.4 is 10.6 Å². The molecule has 0 unspecified atom stereocenters. The van der Waals surface area contributed by atoms with Gasteiger partial charge >= 0.3 is 27.6 Å². The van der Waals surface area contributed by atoms with Crippen molar-refractivity contribution in [2.24, 2.45) is 0 Å². The minimum Gasteiger partial charge on any atom is -0.457 e. The van der Waals surface area contributed by atoms with Crippen molar-refractivity contribution in [1.29, 1.82) is 0 Å². The van der Waals surface area contributed by atoms with E-state index in [2.05, 4.69) is 38.3 Å². The van der Waals surface area contributed by atoms with Gasteiger partial charge in [-0.2, -0.15) is 0 Å². The number of hydrogen-bond acceptors (Lipinski definition) is 19. The van der Waals surface area contributed by atoms with E-state index in [1.807, 2.05) is 127 Å². The first kappa shape index (κ1) is 111. The molecule has 5 aromatic rings. The van der Waals surface area contributed by atoms with Crippen LogP contribution in [0.25, 0.3) is 0 Å². The Bertz CT molecular complexity index is 3820. The molecule has 14 atom stereocenters. The molecule has 7 N–H and O–H groups in total. The molecule has 7 rings (SSSR count). The Kier molecular flexibility index (Phi) is 57.2. The lowest BCUT2D eigenvalue weighted by molar-refractivity contribution is -0.298. The summed E-state index contributed by atoms with van der Waals surface area (Å²) in [6.07, 6.45) is 19.7. The molecule has 0 aliphatic carbocycles. The fourth-order valence-electron chi connectivity index (χ4n) is 16.9. The minimum absolute atomic E-state index is 0.0667. The Morgan fingerprint density at radius 2 is 0.608 bits per heavy atom. The van der Waals surface area contributed by atoms with Crippen molar-refractivity contribution in [3.63, 3.8) is 0 Å². The van der Waals surface area contributed by atoms with Gasteiger partial charge in [-0.1, -0.05) is 411 Å². The summed E-state index contributed by atoms with van der Waals surface area (Å²) in [4.78, 5) is 105. The maximum atomic E-state index is 15.5. The summed E-state index contributed by atoms with van der Waals surface area (Å²) < 4.78 is 104. The van der Waals surface area contributed by atoms with Crippen molar-refractivity contribution in [1.82, 2.24) is 10.6 Å². The number of aliphatic hydroxyl groups is 1. The number of amides is 2. The Morgan fingerprint density at radius 1 is 0.331 bits per heavy atom.